The molecule has 0 spiro atoms. The predicted octanol–water partition coefficient (Wildman–Crippen LogP) is 3.69. The summed E-state index contributed by atoms with van der Waals surface area (Å²) in [4.78, 5) is 27.7. The zero-order chi connectivity index (χ0) is 24.8. The molecule has 180 valence electrons. The molecule has 2 aromatic carbocycles. The van der Waals surface area contributed by atoms with Crippen molar-refractivity contribution in [2.24, 2.45) is 0 Å². The summed E-state index contributed by atoms with van der Waals surface area (Å²) in [5, 5.41) is 2.82. The zero-order valence-electron chi connectivity index (χ0n) is 19.1. The molecule has 0 heterocycles. The Morgan fingerprint density at radius 3 is 2.27 bits per heavy atom. The number of nitrogens with zero attached hydrogens (tertiary/aromatic N) is 2. The van der Waals surface area contributed by atoms with E-state index >= 15 is 0 Å². The average Bonchev–Trinajstić information content (AvgIpc) is 2.71. The average molecular weight is 542 g/mol. The Morgan fingerprint density at radius 1 is 1.12 bits per heavy atom. The van der Waals surface area contributed by atoms with Crippen LogP contribution in [0.25, 0.3) is 0 Å². The Labute approximate surface area is 203 Å². The van der Waals surface area contributed by atoms with E-state index in [1.54, 1.807) is 31.2 Å². The Bertz CT molecular complexity index is 1080. The highest BCUT2D eigenvalue weighted by Gasteiger charge is 2.32. The SMILES string of the molecule is CC[C@H](C(=O)NC(C)C)N(Cc1ccc(F)cc1)C(=O)CN(c1cccc(Br)c1)S(C)(=O)=O. The summed E-state index contributed by atoms with van der Waals surface area (Å²) in [6.07, 6.45) is 1.34. The third-order valence-electron chi connectivity index (χ3n) is 4.86. The summed E-state index contributed by atoms with van der Waals surface area (Å²) in [5.74, 6) is -1.30. The fraction of sp³-hybridized carbons (Fsp3) is 0.391. The van der Waals surface area contributed by atoms with Gasteiger partial charge in [0.25, 0.3) is 0 Å². The topological polar surface area (TPSA) is 86.8 Å². The highest BCUT2D eigenvalue weighted by atomic mass is 79.9. The van der Waals surface area contributed by atoms with Gasteiger partial charge in [0.15, 0.2) is 0 Å². The molecule has 10 heteroatoms. The number of hydrogen-bond donors (Lipinski definition) is 1. The van der Waals surface area contributed by atoms with Crippen LogP contribution < -0.4 is 9.62 Å². The van der Waals surface area contributed by atoms with Crippen molar-refractivity contribution in [3.63, 3.8) is 0 Å². The molecule has 1 atom stereocenters. The van der Waals surface area contributed by atoms with Crippen LogP contribution in [0.1, 0.15) is 32.8 Å². The van der Waals surface area contributed by atoms with Crippen LogP contribution in [0.3, 0.4) is 0 Å². The third-order valence-corrected chi connectivity index (χ3v) is 6.49. The maximum atomic E-state index is 13.5. The second kappa shape index (κ2) is 11.6. The summed E-state index contributed by atoms with van der Waals surface area (Å²) < 4.78 is 40.1. The largest absolute Gasteiger partial charge is 0.352 e. The van der Waals surface area contributed by atoms with Crippen molar-refractivity contribution in [2.75, 3.05) is 17.1 Å². The van der Waals surface area contributed by atoms with Gasteiger partial charge in [-0.3, -0.25) is 13.9 Å². The van der Waals surface area contributed by atoms with Crippen LogP contribution in [0.4, 0.5) is 10.1 Å². The first kappa shape index (κ1) is 26.8. The fourth-order valence-electron chi connectivity index (χ4n) is 3.33. The highest BCUT2D eigenvalue weighted by Crippen LogP contribution is 2.23. The van der Waals surface area contributed by atoms with E-state index in [0.717, 1.165) is 10.6 Å². The maximum Gasteiger partial charge on any atom is 0.244 e. The Hall–Kier alpha value is -2.46. The smallest absolute Gasteiger partial charge is 0.244 e. The standard InChI is InChI=1S/C23H29BrFN3O4S/c1-5-21(23(30)26-16(2)3)27(14-17-9-11-19(25)12-10-17)22(29)15-28(33(4,31)32)20-8-6-7-18(24)13-20/h6-13,16,21H,5,14-15H2,1-4H3,(H,26,30)/t21-/m1/s1. The predicted molar refractivity (Wildman–Crippen MR) is 131 cm³/mol. The van der Waals surface area contributed by atoms with E-state index in [2.05, 4.69) is 21.2 Å². The number of nitrogens with one attached hydrogen (secondary N) is 1. The minimum Gasteiger partial charge on any atom is -0.352 e. The number of amides is 2. The molecule has 2 aromatic rings. The van der Waals surface area contributed by atoms with Crippen LogP contribution >= 0.6 is 15.9 Å². The van der Waals surface area contributed by atoms with E-state index < -0.39 is 34.3 Å². The second-order valence-electron chi connectivity index (χ2n) is 7.98. The number of halogens is 2. The summed E-state index contributed by atoms with van der Waals surface area (Å²) in [6, 6.07) is 11.3. The quantitative estimate of drug-likeness (QED) is 0.497. The van der Waals surface area contributed by atoms with Crippen LogP contribution in [0.2, 0.25) is 0 Å². The van der Waals surface area contributed by atoms with E-state index in [9.17, 15) is 22.4 Å². The maximum absolute atomic E-state index is 13.5. The molecule has 2 rings (SSSR count). The molecule has 0 bridgehead atoms. The number of carbonyl (C=O) groups excluding carboxylic acids is 2. The van der Waals surface area contributed by atoms with Gasteiger partial charge in [-0.05, 0) is 56.2 Å². The van der Waals surface area contributed by atoms with Crippen molar-refractivity contribution < 1.29 is 22.4 Å². The van der Waals surface area contributed by atoms with E-state index in [1.165, 1.54) is 29.2 Å². The number of anilines is 1. The molecule has 0 aliphatic rings. The number of hydrogen-bond acceptors (Lipinski definition) is 4. The molecule has 33 heavy (non-hydrogen) atoms. The molecule has 7 nitrogen and oxygen atoms in total. The monoisotopic (exact) mass is 541 g/mol. The van der Waals surface area contributed by atoms with Gasteiger partial charge in [0.2, 0.25) is 21.8 Å². The van der Waals surface area contributed by atoms with Crippen LogP contribution in [0.5, 0.6) is 0 Å². The van der Waals surface area contributed by atoms with Crippen LogP contribution in [-0.2, 0) is 26.2 Å². The Morgan fingerprint density at radius 2 is 1.76 bits per heavy atom. The highest BCUT2D eigenvalue weighted by molar-refractivity contribution is 9.10. The van der Waals surface area contributed by atoms with Crippen LogP contribution in [-0.4, -0.2) is 50.0 Å². The van der Waals surface area contributed by atoms with Crippen molar-refractivity contribution >= 4 is 43.5 Å². The van der Waals surface area contributed by atoms with Crippen molar-refractivity contribution in [2.45, 2.75) is 45.8 Å². The van der Waals surface area contributed by atoms with E-state index in [0.29, 0.717) is 22.1 Å². The lowest BCUT2D eigenvalue weighted by Gasteiger charge is -2.33. The minimum absolute atomic E-state index is 0.0270. The molecular weight excluding hydrogens is 513 g/mol. The molecule has 0 saturated heterocycles. The van der Waals surface area contributed by atoms with Crippen LogP contribution in [0, 0.1) is 5.82 Å². The van der Waals surface area contributed by atoms with Crippen molar-refractivity contribution in [1.29, 1.82) is 0 Å². The van der Waals surface area contributed by atoms with E-state index in [1.807, 2.05) is 13.8 Å². The number of benzene rings is 2. The van der Waals surface area contributed by atoms with Gasteiger partial charge in [0.1, 0.15) is 18.4 Å². The normalized spacial score (nSPS) is 12.3. The minimum atomic E-state index is -3.80. The summed E-state index contributed by atoms with van der Waals surface area (Å²) in [7, 11) is -3.80. The lowest BCUT2D eigenvalue weighted by Crippen LogP contribution is -2.53. The number of sulfonamides is 1. The van der Waals surface area contributed by atoms with Gasteiger partial charge in [-0.15, -0.1) is 0 Å². The van der Waals surface area contributed by atoms with Gasteiger partial charge in [-0.2, -0.15) is 0 Å². The molecule has 0 radical (unpaired) electrons. The molecular formula is C23H29BrFN3O4S. The zero-order valence-corrected chi connectivity index (χ0v) is 21.5. The van der Waals surface area contributed by atoms with Crippen molar-refractivity contribution in [3.8, 4) is 0 Å². The molecule has 1 N–H and O–H groups in total. The lowest BCUT2D eigenvalue weighted by atomic mass is 10.1. The first-order valence-electron chi connectivity index (χ1n) is 10.5. The first-order chi connectivity index (χ1) is 15.4. The Kier molecular flexibility index (Phi) is 9.42. The van der Waals surface area contributed by atoms with Crippen molar-refractivity contribution in [3.05, 3.63) is 64.4 Å². The van der Waals surface area contributed by atoms with Gasteiger partial charge in [-0.1, -0.05) is 41.1 Å². The van der Waals surface area contributed by atoms with Gasteiger partial charge in [0.05, 0.1) is 11.9 Å². The number of rotatable bonds is 10. The second-order valence-corrected chi connectivity index (χ2v) is 10.8. The van der Waals surface area contributed by atoms with Gasteiger partial charge in [0, 0.05) is 17.1 Å². The summed E-state index contributed by atoms with van der Waals surface area (Å²) in [5.41, 5.74) is 0.940. The summed E-state index contributed by atoms with van der Waals surface area (Å²) in [6.45, 7) is 4.95. The summed E-state index contributed by atoms with van der Waals surface area (Å²) >= 11 is 3.32. The molecule has 0 aromatic heterocycles. The van der Waals surface area contributed by atoms with Crippen LogP contribution in [0.15, 0.2) is 53.0 Å². The Balaban J connectivity index is 2.43. The molecule has 0 aliphatic heterocycles. The first-order valence-corrected chi connectivity index (χ1v) is 13.1. The van der Waals surface area contributed by atoms with Gasteiger partial charge < -0.3 is 10.2 Å². The fourth-order valence-corrected chi connectivity index (χ4v) is 4.56. The lowest BCUT2D eigenvalue weighted by molar-refractivity contribution is -0.140. The van der Waals surface area contributed by atoms with E-state index in [-0.39, 0.29) is 18.5 Å². The molecule has 0 fully saturated rings. The third kappa shape index (κ3) is 7.82. The molecule has 0 aliphatic carbocycles. The number of carbonyl (C=O) groups is 2. The van der Waals surface area contributed by atoms with E-state index in [4.69, 9.17) is 0 Å². The van der Waals surface area contributed by atoms with Gasteiger partial charge in [-0.25, -0.2) is 12.8 Å². The molecule has 2 amide bonds. The molecule has 0 unspecified atom stereocenters. The molecule has 0 saturated carbocycles. The van der Waals surface area contributed by atoms with Gasteiger partial charge >= 0.3 is 0 Å². The van der Waals surface area contributed by atoms with Crippen molar-refractivity contribution in [1.82, 2.24) is 10.2 Å².